The number of carbonyl (C=O) groups excluding carboxylic acids is 1. The van der Waals surface area contributed by atoms with Crippen molar-refractivity contribution in [3.63, 3.8) is 0 Å². The Labute approximate surface area is 160 Å². The average molecular weight is 382 g/mol. The summed E-state index contributed by atoms with van der Waals surface area (Å²) in [6, 6.07) is 12.8. The van der Waals surface area contributed by atoms with Crippen molar-refractivity contribution in [1.29, 1.82) is 0 Å². The number of benzene rings is 2. The zero-order valence-corrected chi connectivity index (χ0v) is 15.8. The molecular formula is C20H18N2O4S. The van der Waals surface area contributed by atoms with E-state index in [9.17, 15) is 4.79 Å². The number of terminal acetylenes is 1. The Hall–Kier alpha value is -3.24. The van der Waals surface area contributed by atoms with Crippen molar-refractivity contribution in [3.05, 3.63) is 47.3 Å². The van der Waals surface area contributed by atoms with Crippen molar-refractivity contribution in [1.82, 2.24) is 4.57 Å². The largest absolute Gasteiger partial charge is 0.497 e. The summed E-state index contributed by atoms with van der Waals surface area (Å²) in [5.74, 6) is 3.96. The van der Waals surface area contributed by atoms with Crippen LogP contribution in [-0.4, -0.2) is 31.3 Å². The van der Waals surface area contributed by atoms with Crippen molar-refractivity contribution in [2.75, 3.05) is 20.8 Å². The summed E-state index contributed by atoms with van der Waals surface area (Å²) in [5, 5.41) is 0. The first-order valence-corrected chi connectivity index (χ1v) is 8.92. The zero-order chi connectivity index (χ0) is 19.2. The molecule has 27 heavy (non-hydrogen) atoms. The first-order valence-electron chi connectivity index (χ1n) is 8.10. The number of aromatic nitrogens is 1. The third-order valence-electron chi connectivity index (χ3n) is 3.78. The van der Waals surface area contributed by atoms with Crippen molar-refractivity contribution in [2.45, 2.75) is 6.54 Å². The molecular weight excluding hydrogens is 364 g/mol. The number of ether oxygens (including phenoxy) is 3. The van der Waals surface area contributed by atoms with Crippen LogP contribution in [0.2, 0.25) is 0 Å². The molecule has 0 aliphatic heterocycles. The highest BCUT2D eigenvalue weighted by atomic mass is 32.1. The van der Waals surface area contributed by atoms with E-state index in [-0.39, 0.29) is 6.61 Å². The van der Waals surface area contributed by atoms with E-state index in [1.165, 1.54) is 11.3 Å². The number of nitrogens with zero attached hydrogens (tertiary/aromatic N) is 2. The van der Waals surface area contributed by atoms with Crippen LogP contribution < -0.4 is 19.0 Å². The smallest absolute Gasteiger partial charge is 0.286 e. The fourth-order valence-electron chi connectivity index (χ4n) is 2.53. The van der Waals surface area contributed by atoms with E-state index in [1.54, 1.807) is 32.4 Å². The quantitative estimate of drug-likeness (QED) is 0.615. The zero-order valence-electron chi connectivity index (χ0n) is 15.0. The molecule has 0 radical (unpaired) electrons. The molecule has 3 aromatic rings. The number of hydrogen-bond donors (Lipinski definition) is 0. The number of para-hydroxylation sites is 2. The van der Waals surface area contributed by atoms with Crippen molar-refractivity contribution < 1.29 is 19.0 Å². The van der Waals surface area contributed by atoms with Crippen molar-refractivity contribution in [2.24, 2.45) is 4.99 Å². The van der Waals surface area contributed by atoms with Crippen LogP contribution in [0, 0.1) is 12.3 Å². The summed E-state index contributed by atoms with van der Waals surface area (Å²) in [4.78, 5) is 17.0. The summed E-state index contributed by atoms with van der Waals surface area (Å²) in [6.45, 7) is 0.111. The number of amides is 1. The van der Waals surface area contributed by atoms with Gasteiger partial charge in [0.25, 0.3) is 5.91 Å². The molecule has 2 aromatic carbocycles. The van der Waals surface area contributed by atoms with Gasteiger partial charge in [-0.3, -0.25) is 4.79 Å². The van der Waals surface area contributed by atoms with E-state index in [4.69, 9.17) is 20.6 Å². The number of methoxy groups -OCH3 is 2. The van der Waals surface area contributed by atoms with E-state index in [0.29, 0.717) is 22.8 Å². The standard InChI is InChI=1S/C20H18N2O4S/c1-4-11-22-15-10-9-14(24-2)12-18(15)27-20(22)21-19(23)13-26-17-8-6-5-7-16(17)25-3/h1,5-10,12H,11,13H2,2-3H3. The summed E-state index contributed by atoms with van der Waals surface area (Å²) >= 11 is 1.37. The van der Waals surface area contributed by atoms with Gasteiger partial charge in [0.2, 0.25) is 0 Å². The topological polar surface area (TPSA) is 62.1 Å². The lowest BCUT2D eigenvalue weighted by molar-refractivity contribution is -0.120. The summed E-state index contributed by atoms with van der Waals surface area (Å²) in [7, 11) is 3.15. The predicted octanol–water partition coefficient (Wildman–Crippen LogP) is 2.86. The SMILES string of the molecule is C#CCn1c(=NC(=O)COc2ccccc2OC)sc2cc(OC)ccc21. The maximum atomic E-state index is 12.3. The fourth-order valence-corrected chi connectivity index (χ4v) is 3.60. The Morgan fingerprint density at radius 3 is 2.67 bits per heavy atom. The second-order valence-electron chi connectivity index (χ2n) is 5.45. The average Bonchev–Trinajstić information content (AvgIpc) is 3.03. The maximum absolute atomic E-state index is 12.3. The molecule has 1 amide bonds. The molecule has 0 bridgehead atoms. The Balaban J connectivity index is 1.88. The van der Waals surface area contributed by atoms with Gasteiger partial charge in [-0.05, 0) is 30.3 Å². The molecule has 0 saturated heterocycles. The Bertz CT molecular complexity index is 1080. The number of fused-ring (bicyclic) bond motifs is 1. The molecule has 1 heterocycles. The molecule has 7 heteroatoms. The molecule has 3 rings (SSSR count). The van der Waals surface area contributed by atoms with Crippen LogP contribution in [0.15, 0.2) is 47.5 Å². The lowest BCUT2D eigenvalue weighted by Gasteiger charge is -2.08. The van der Waals surface area contributed by atoms with Gasteiger partial charge in [0.1, 0.15) is 5.75 Å². The highest BCUT2D eigenvalue weighted by Gasteiger charge is 2.10. The van der Waals surface area contributed by atoms with Crippen molar-refractivity contribution >= 4 is 27.5 Å². The minimum absolute atomic E-state index is 0.200. The van der Waals surface area contributed by atoms with Gasteiger partial charge >= 0.3 is 0 Å². The van der Waals surface area contributed by atoms with Crippen LogP contribution in [0.1, 0.15) is 0 Å². The van der Waals surface area contributed by atoms with Crippen LogP contribution in [0.4, 0.5) is 0 Å². The minimum atomic E-state index is -0.412. The summed E-state index contributed by atoms with van der Waals surface area (Å²) in [5.41, 5.74) is 0.899. The molecule has 0 aliphatic rings. The fraction of sp³-hybridized carbons (Fsp3) is 0.200. The number of rotatable bonds is 6. The van der Waals surface area contributed by atoms with Crippen LogP contribution in [-0.2, 0) is 11.3 Å². The molecule has 6 nitrogen and oxygen atoms in total. The van der Waals surface area contributed by atoms with Gasteiger partial charge in [-0.25, -0.2) is 0 Å². The molecule has 138 valence electrons. The molecule has 0 aliphatic carbocycles. The van der Waals surface area contributed by atoms with Gasteiger partial charge in [0.05, 0.1) is 31.0 Å². The second kappa shape index (κ2) is 8.43. The number of hydrogen-bond acceptors (Lipinski definition) is 5. The highest BCUT2D eigenvalue weighted by Crippen LogP contribution is 2.26. The molecule has 0 atom stereocenters. The second-order valence-corrected chi connectivity index (χ2v) is 6.46. The van der Waals surface area contributed by atoms with Crippen molar-refractivity contribution in [3.8, 4) is 29.6 Å². The van der Waals surface area contributed by atoms with E-state index >= 15 is 0 Å². The van der Waals surface area contributed by atoms with Crippen LogP contribution in [0.5, 0.6) is 17.2 Å². The molecule has 0 unspecified atom stereocenters. The summed E-state index contributed by atoms with van der Waals surface area (Å²) < 4.78 is 18.7. The molecule has 0 spiro atoms. The first-order chi connectivity index (χ1) is 13.2. The van der Waals surface area contributed by atoms with E-state index in [1.807, 2.05) is 28.8 Å². The van der Waals surface area contributed by atoms with E-state index in [0.717, 1.165) is 16.0 Å². The van der Waals surface area contributed by atoms with Gasteiger partial charge in [-0.2, -0.15) is 4.99 Å². The van der Waals surface area contributed by atoms with Gasteiger partial charge in [-0.15, -0.1) is 6.42 Å². The predicted molar refractivity (Wildman–Crippen MR) is 104 cm³/mol. The minimum Gasteiger partial charge on any atom is -0.497 e. The van der Waals surface area contributed by atoms with Gasteiger partial charge < -0.3 is 18.8 Å². The normalized spacial score (nSPS) is 11.2. The van der Waals surface area contributed by atoms with Crippen LogP contribution in [0.25, 0.3) is 10.2 Å². The first kappa shape index (κ1) is 18.5. The van der Waals surface area contributed by atoms with Crippen LogP contribution in [0.3, 0.4) is 0 Å². The maximum Gasteiger partial charge on any atom is 0.286 e. The Morgan fingerprint density at radius 1 is 1.19 bits per heavy atom. The van der Waals surface area contributed by atoms with Crippen LogP contribution >= 0.6 is 11.3 Å². The highest BCUT2D eigenvalue weighted by molar-refractivity contribution is 7.16. The summed E-state index contributed by atoms with van der Waals surface area (Å²) in [6.07, 6.45) is 5.48. The molecule has 0 fully saturated rings. The van der Waals surface area contributed by atoms with E-state index < -0.39 is 5.91 Å². The Kier molecular flexibility index (Phi) is 5.79. The number of carbonyl (C=O) groups is 1. The Morgan fingerprint density at radius 2 is 1.96 bits per heavy atom. The number of thiazole rings is 1. The lowest BCUT2D eigenvalue weighted by atomic mass is 10.3. The van der Waals surface area contributed by atoms with Gasteiger partial charge in [-0.1, -0.05) is 29.4 Å². The van der Waals surface area contributed by atoms with E-state index in [2.05, 4.69) is 10.9 Å². The van der Waals surface area contributed by atoms with Gasteiger partial charge in [0, 0.05) is 0 Å². The monoisotopic (exact) mass is 382 g/mol. The third kappa shape index (κ3) is 4.13. The molecule has 1 aromatic heterocycles. The third-order valence-corrected chi connectivity index (χ3v) is 4.82. The van der Waals surface area contributed by atoms with Gasteiger partial charge in [0.15, 0.2) is 22.9 Å². The molecule has 0 N–H and O–H groups in total. The lowest BCUT2D eigenvalue weighted by Crippen LogP contribution is -2.19. The molecule has 0 saturated carbocycles.